The molecule has 2 rings (SSSR count). The first-order valence-corrected chi connectivity index (χ1v) is 7.47. The average Bonchev–Trinajstić information content (AvgIpc) is 2.42. The summed E-state index contributed by atoms with van der Waals surface area (Å²) in [6.07, 6.45) is 2.74. The maximum atomic E-state index is 9.60. The van der Waals surface area contributed by atoms with Crippen molar-refractivity contribution >= 4 is 6.47 Å². The SMILES string of the molecule is CC(C)(C)OC=O.Cc1ccccc1O[C@H]1CCCNC1. The minimum absolute atomic E-state index is 0.318. The minimum atomic E-state index is -0.318. The first-order chi connectivity index (χ1) is 9.92. The van der Waals surface area contributed by atoms with Crippen molar-refractivity contribution in [2.24, 2.45) is 0 Å². The van der Waals surface area contributed by atoms with Crippen molar-refractivity contribution in [3.8, 4) is 5.75 Å². The van der Waals surface area contributed by atoms with Gasteiger partial charge in [0, 0.05) is 6.54 Å². The Balaban J connectivity index is 0.000000270. The summed E-state index contributed by atoms with van der Waals surface area (Å²) in [5, 5.41) is 3.35. The Bertz CT molecular complexity index is 420. The van der Waals surface area contributed by atoms with Crippen LogP contribution >= 0.6 is 0 Å². The predicted molar refractivity (Wildman–Crippen MR) is 84.6 cm³/mol. The molecule has 0 radical (unpaired) electrons. The molecule has 0 bridgehead atoms. The van der Waals surface area contributed by atoms with Crippen LogP contribution < -0.4 is 10.1 Å². The monoisotopic (exact) mass is 293 g/mol. The Morgan fingerprint density at radius 2 is 2.00 bits per heavy atom. The second kappa shape index (κ2) is 8.67. The Kier molecular flexibility index (Phi) is 7.23. The Morgan fingerprint density at radius 1 is 1.29 bits per heavy atom. The first-order valence-electron chi connectivity index (χ1n) is 7.47. The van der Waals surface area contributed by atoms with Gasteiger partial charge in [-0.3, -0.25) is 4.79 Å². The highest BCUT2D eigenvalue weighted by molar-refractivity contribution is 5.37. The molecular formula is C17H27NO3. The Morgan fingerprint density at radius 3 is 2.48 bits per heavy atom. The van der Waals surface area contributed by atoms with Crippen molar-refractivity contribution in [1.82, 2.24) is 5.32 Å². The molecule has 1 fully saturated rings. The molecule has 1 saturated heterocycles. The van der Waals surface area contributed by atoms with Crippen molar-refractivity contribution in [3.05, 3.63) is 29.8 Å². The maximum Gasteiger partial charge on any atom is 0.293 e. The molecule has 0 unspecified atom stereocenters. The normalized spacial score (nSPS) is 18.2. The van der Waals surface area contributed by atoms with Crippen molar-refractivity contribution < 1.29 is 14.3 Å². The lowest BCUT2D eigenvalue weighted by Crippen LogP contribution is -2.37. The van der Waals surface area contributed by atoms with Crippen LogP contribution in [0.15, 0.2) is 24.3 Å². The number of aryl methyl sites for hydroxylation is 1. The molecule has 4 heteroatoms. The highest BCUT2D eigenvalue weighted by Crippen LogP contribution is 2.19. The number of benzene rings is 1. The molecule has 0 aromatic heterocycles. The third kappa shape index (κ3) is 7.71. The summed E-state index contributed by atoms with van der Waals surface area (Å²) in [6, 6.07) is 8.20. The average molecular weight is 293 g/mol. The van der Waals surface area contributed by atoms with Gasteiger partial charge in [-0.1, -0.05) is 18.2 Å². The molecule has 0 spiro atoms. The molecule has 1 aromatic rings. The molecule has 1 atom stereocenters. The lowest BCUT2D eigenvalue weighted by Gasteiger charge is -2.24. The molecule has 0 saturated carbocycles. The third-order valence-corrected chi connectivity index (χ3v) is 3.04. The first kappa shape index (κ1) is 17.5. The van der Waals surface area contributed by atoms with E-state index in [1.165, 1.54) is 18.4 Å². The molecule has 118 valence electrons. The predicted octanol–water partition coefficient (Wildman–Crippen LogP) is 3.08. The van der Waals surface area contributed by atoms with Gasteiger partial charge >= 0.3 is 0 Å². The fourth-order valence-corrected chi connectivity index (χ4v) is 1.93. The van der Waals surface area contributed by atoms with Crippen LogP contribution in [0.25, 0.3) is 0 Å². The molecule has 1 aliphatic heterocycles. The zero-order chi connectivity index (χ0) is 15.7. The van der Waals surface area contributed by atoms with E-state index in [-0.39, 0.29) is 5.60 Å². The van der Waals surface area contributed by atoms with Crippen LogP contribution in [0.1, 0.15) is 39.2 Å². The van der Waals surface area contributed by atoms with E-state index in [1.807, 2.05) is 39.0 Å². The van der Waals surface area contributed by atoms with Crippen LogP contribution in [0.2, 0.25) is 0 Å². The summed E-state index contributed by atoms with van der Waals surface area (Å²) < 4.78 is 10.5. The molecular weight excluding hydrogens is 266 g/mol. The van der Waals surface area contributed by atoms with Crippen LogP contribution in [0, 0.1) is 6.92 Å². The van der Waals surface area contributed by atoms with Crippen LogP contribution in [0.3, 0.4) is 0 Å². The summed E-state index contributed by atoms with van der Waals surface area (Å²) in [5.41, 5.74) is 0.903. The van der Waals surface area contributed by atoms with Gasteiger partial charge < -0.3 is 14.8 Å². The number of hydrogen-bond donors (Lipinski definition) is 1. The van der Waals surface area contributed by atoms with Crippen molar-refractivity contribution in [2.45, 2.75) is 52.2 Å². The summed E-state index contributed by atoms with van der Waals surface area (Å²) in [6.45, 7) is 10.1. The van der Waals surface area contributed by atoms with Gasteiger partial charge in [0.2, 0.25) is 0 Å². The summed E-state index contributed by atoms with van der Waals surface area (Å²) in [5.74, 6) is 1.03. The number of nitrogens with one attached hydrogen (secondary N) is 1. The minimum Gasteiger partial charge on any atom is -0.489 e. The van der Waals surface area contributed by atoms with Gasteiger partial charge in [0.1, 0.15) is 17.5 Å². The van der Waals surface area contributed by atoms with E-state index < -0.39 is 0 Å². The Labute approximate surface area is 127 Å². The lowest BCUT2D eigenvalue weighted by atomic mass is 10.1. The number of ether oxygens (including phenoxy) is 2. The van der Waals surface area contributed by atoms with Gasteiger partial charge in [0.15, 0.2) is 0 Å². The van der Waals surface area contributed by atoms with Gasteiger partial charge in [0.05, 0.1) is 0 Å². The number of carbonyl (C=O) groups is 1. The van der Waals surface area contributed by atoms with Gasteiger partial charge in [-0.15, -0.1) is 0 Å². The van der Waals surface area contributed by atoms with Crippen LogP contribution in [-0.4, -0.2) is 31.3 Å². The van der Waals surface area contributed by atoms with Crippen LogP contribution in [-0.2, 0) is 9.53 Å². The quantitative estimate of drug-likeness (QED) is 0.870. The Hall–Kier alpha value is -1.55. The molecule has 21 heavy (non-hydrogen) atoms. The number of piperidine rings is 1. The van der Waals surface area contributed by atoms with E-state index >= 15 is 0 Å². The molecule has 1 aliphatic rings. The number of para-hydroxylation sites is 1. The van der Waals surface area contributed by atoms with Crippen molar-refractivity contribution in [2.75, 3.05) is 13.1 Å². The van der Waals surface area contributed by atoms with Crippen LogP contribution in [0.5, 0.6) is 5.75 Å². The van der Waals surface area contributed by atoms with E-state index in [1.54, 1.807) is 0 Å². The maximum absolute atomic E-state index is 9.60. The topological polar surface area (TPSA) is 47.6 Å². The van der Waals surface area contributed by atoms with E-state index in [4.69, 9.17) is 4.74 Å². The second-order valence-electron chi connectivity index (χ2n) is 6.18. The van der Waals surface area contributed by atoms with E-state index in [0.717, 1.165) is 18.8 Å². The number of rotatable bonds is 3. The van der Waals surface area contributed by atoms with Gasteiger partial charge in [-0.25, -0.2) is 0 Å². The number of hydrogen-bond acceptors (Lipinski definition) is 4. The smallest absolute Gasteiger partial charge is 0.293 e. The summed E-state index contributed by atoms with van der Waals surface area (Å²) in [7, 11) is 0. The van der Waals surface area contributed by atoms with Gasteiger partial charge in [0.25, 0.3) is 6.47 Å². The summed E-state index contributed by atoms with van der Waals surface area (Å²) >= 11 is 0. The molecule has 0 amide bonds. The highest BCUT2D eigenvalue weighted by Gasteiger charge is 2.14. The standard InChI is InChI=1S/C12H17NO.C5H10O2/c1-10-5-2-3-7-12(10)14-11-6-4-8-13-9-11;1-5(2,3)7-4-6/h2-3,5,7,11,13H,4,6,8-9H2,1H3;4H,1-3H3/t11-;/m0./s1. The zero-order valence-corrected chi connectivity index (χ0v) is 13.5. The molecule has 4 nitrogen and oxygen atoms in total. The fraction of sp³-hybridized carbons (Fsp3) is 0.588. The fourth-order valence-electron chi connectivity index (χ4n) is 1.93. The molecule has 1 aromatic carbocycles. The molecule has 0 aliphatic carbocycles. The van der Waals surface area contributed by atoms with Crippen molar-refractivity contribution in [3.63, 3.8) is 0 Å². The largest absolute Gasteiger partial charge is 0.489 e. The zero-order valence-electron chi connectivity index (χ0n) is 13.5. The lowest BCUT2D eigenvalue weighted by molar-refractivity contribution is -0.138. The van der Waals surface area contributed by atoms with E-state index in [9.17, 15) is 4.79 Å². The van der Waals surface area contributed by atoms with E-state index in [0.29, 0.717) is 12.6 Å². The van der Waals surface area contributed by atoms with E-state index in [2.05, 4.69) is 23.0 Å². The van der Waals surface area contributed by atoms with Crippen molar-refractivity contribution in [1.29, 1.82) is 0 Å². The van der Waals surface area contributed by atoms with Crippen LogP contribution in [0.4, 0.5) is 0 Å². The van der Waals surface area contributed by atoms with Gasteiger partial charge in [-0.05, 0) is 58.7 Å². The molecule has 1 heterocycles. The molecule has 1 N–H and O–H groups in total. The summed E-state index contributed by atoms with van der Waals surface area (Å²) in [4.78, 5) is 9.60. The number of carbonyl (C=O) groups excluding carboxylic acids is 1. The second-order valence-corrected chi connectivity index (χ2v) is 6.18. The third-order valence-electron chi connectivity index (χ3n) is 3.04. The van der Waals surface area contributed by atoms with Gasteiger partial charge in [-0.2, -0.15) is 0 Å². The highest BCUT2D eigenvalue weighted by atomic mass is 16.5.